The third-order valence-corrected chi connectivity index (χ3v) is 4.78. The molecule has 0 radical (unpaired) electrons. The minimum absolute atomic E-state index is 0.0226. The molecule has 1 saturated heterocycles. The normalized spacial score (nSPS) is 15.1. The zero-order valence-electron chi connectivity index (χ0n) is 15.9. The zero-order valence-corrected chi connectivity index (χ0v) is 15.9. The maximum absolute atomic E-state index is 12.5. The molecule has 1 fully saturated rings. The number of benzene rings is 1. The molecular weight excluding hydrogens is 346 g/mol. The van der Waals surface area contributed by atoms with Crippen molar-refractivity contribution in [3.8, 4) is 5.75 Å². The Bertz CT molecular complexity index is 833. The van der Waals surface area contributed by atoms with Crippen LogP contribution in [0.4, 0.5) is 5.69 Å². The van der Waals surface area contributed by atoms with Gasteiger partial charge in [-0.15, -0.1) is 0 Å². The number of nitrogens with zero attached hydrogens (tertiary/aromatic N) is 4. The summed E-state index contributed by atoms with van der Waals surface area (Å²) in [5.74, 6) is 0.663. The molecule has 2 heterocycles. The van der Waals surface area contributed by atoms with E-state index in [2.05, 4.69) is 10.4 Å². The van der Waals surface area contributed by atoms with Crippen molar-refractivity contribution in [2.24, 2.45) is 7.05 Å². The highest BCUT2D eigenvalue weighted by Gasteiger charge is 2.25. The van der Waals surface area contributed by atoms with Crippen LogP contribution >= 0.6 is 0 Å². The van der Waals surface area contributed by atoms with E-state index in [-0.39, 0.29) is 24.9 Å². The molecule has 1 aromatic heterocycles. The van der Waals surface area contributed by atoms with Crippen LogP contribution in [0, 0.1) is 6.92 Å². The lowest BCUT2D eigenvalue weighted by molar-refractivity contribution is -0.137. The average Bonchev–Trinajstić information content (AvgIpc) is 2.96. The monoisotopic (exact) mass is 371 g/mol. The molecule has 0 atom stereocenters. The molecule has 3 rings (SSSR count). The van der Waals surface area contributed by atoms with Crippen LogP contribution in [0.25, 0.3) is 0 Å². The summed E-state index contributed by atoms with van der Waals surface area (Å²) in [7, 11) is 3.45. The molecule has 8 nitrogen and oxygen atoms in total. The lowest BCUT2D eigenvalue weighted by Crippen LogP contribution is -2.51. The number of methoxy groups -OCH3 is 1. The Morgan fingerprint density at radius 2 is 2.15 bits per heavy atom. The van der Waals surface area contributed by atoms with Gasteiger partial charge in [0.25, 0.3) is 0 Å². The number of anilines is 1. The fraction of sp³-hybridized carbons (Fsp3) is 0.421. The van der Waals surface area contributed by atoms with E-state index < -0.39 is 0 Å². The van der Waals surface area contributed by atoms with Gasteiger partial charge < -0.3 is 15.0 Å². The second kappa shape index (κ2) is 8.22. The number of carbonyl (C=O) groups excluding carboxylic acids is 2. The van der Waals surface area contributed by atoms with Gasteiger partial charge in [0.15, 0.2) is 0 Å². The molecule has 0 spiro atoms. The van der Waals surface area contributed by atoms with E-state index in [1.165, 1.54) is 0 Å². The largest absolute Gasteiger partial charge is 0.497 e. The van der Waals surface area contributed by atoms with E-state index >= 15 is 0 Å². The van der Waals surface area contributed by atoms with Crippen LogP contribution in [0.1, 0.15) is 11.3 Å². The Labute approximate surface area is 158 Å². The molecule has 0 bridgehead atoms. The first-order valence-electron chi connectivity index (χ1n) is 8.88. The number of aryl methyl sites for hydroxylation is 1. The lowest BCUT2D eigenvalue weighted by Gasteiger charge is -2.34. The number of aromatic nitrogens is 2. The van der Waals surface area contributed by atoms with Gasteiger partial charge in [-0.25, -0.2) is 0 Å². The highest BCUT2D eigenvalue weighted by Crippen LogP contribution is 2.16. The van der Waals surface area contributed by atoms with Crippen LogP contribution in [0.15, 0.2) is 30.5 Å². The summed E-state index contributed by atoms with van der Waals surface area (Å²) >= 11 is 0. The first-order chi connectivity index (χ1) is 13.0. The number of hydrogen-bond donors (Lipinski definition) is 1. The van der Waals surface area contributed by atoms with Gasteiger partial charge in [-0.2, -0.15) is 5.10 Å². The molecule has 1 aliphatic rings. The van der Waals surface area contributed by atoms with Gasteiger partial charge in [0.05, 0.1) is 37.8 Å². The van der Waals surface area contributed by atoms with Gasteiger partial charge in [0.2, 0.25) is 11.8 Å². The zero-order chi connectivity index (χ0) is 19.4. The molecule has 1 aliphatic heterocycles. The predicted octanol–water partition coefficient (Wildman–Crippen LogP) is 1.02. The van der Waals surface area contributed by atoms with Crippen molar-refractivity contribution in [1.29, 1.82) is 0 Å². The standard InChI is InChI=1S/C19H25N5O3/c1-14-17(10-20-22(14)2)21-18(25)12-23-7-8-24(19(26)13-23)11-15-5-4-6-16(9-15)27-3/h4-6,9-10H,7-8,11-13H2,1-3H3,(H,21,25). The lowest BCUT2D eigenvalue weighted by atomic mass is 10.2. The van der Waals surface area contributed by atoms with Crippen molar-refractivity contribution in [2.75, 3.05) is 38.6 Å². The van der Waals surface area contributed by atoms with E-state index in [4.69, 9.17) is 4.74 Å². The molecule has 0 unspecified atom stereocenters. The number of ether oxygens (including phenoxy) is 1. The van der Waals surface area contributed by atoms with Gasteiger partial charge in [-0.3, -0.25) is 19.2 Å². The number of hydrogen-bond acceptors (Lipinski definition) is 5. The van der Waals surface area contributed by atoms with E-state index in [1.807, 2.05) is 48.0 Å². The maximum Gasteiger partial charge on any atom is 0.238 e. The molecule has 2 aromatic rings. The Morgan fingerprint density at radius 3 is 2.81 bits per heavy atom. The fourth-order valence-corrected chi connectivity index (χ4v) is 3.06. The number of amides is 2. The van der Waals surface area contributed by atoms with Gasteiger partial charge in [0, 0.05) is 26.7 Å². The van der Waals surface area contributed by atoms with Gasteiger partial charge in [-0.1, -0.05) is 12.1 Å². The summed E-state index contributed by atoms with van der Waals surface area (Å²) in [6, 6.07) is 7.71. The molecule has 144 valence electrons. The quantitative estimate of drug-likeness (QED) is 0.820. The van der Waals surface area contributed by atoms with Crippen LogP contribution in [-0.4, -0.2) is 64.7 Å². The third-order valence-electron chi connectivity index (χ3n) is 4.78. The van der Waals surface area contributed by atoms with E-state index in [0.717, 1.165) is 17.0 Å². The molecule has 27 heavy (non-hydrogen) atoms. The molecule has 1 aromatic carbocycles. The predicted molar refractivity (Wildman–Crippen MR) is 101 cm³/mol. The number of rotatable bonds is 6. The van der Waals surface area contributed by atoms with Crippen LogP contribution in [0.2, 0.25) is 0 Å². The molecule has 0 aliphatic carbocycles. The summed E-state index contributed by atoms with van der Waals surface area (Å²) in [5, 5.41) is 6.96. The topological polar surface area (TPSA) is 79.7 Å². The summed E-state index contributed by atoms with van der Waals surface area (Å²) in [6.45, 7) is 4.12. The fourth-order valence-electron chi connectivity index (χ4n) is 3.06. The van der Waals surface area contributed by atoms with Crippen LogP contribution in [0.5, 0.6) is 5.75 Å². The molecular formula is C19H25N5O3. The number of nitrogens with one attached hydrogen (secondary N) is 1. The smallest absolute Gasteiger partial charge is 0.238 e. The molecule has 1 N–H and O–H groups in total. The molecule has 2 amide bonds. The maximum atomic E-state index is 12.5. The molecule has 0 saturated carbocycles. The van der Waals surface area contributed by atoms with Gasteiger partial charge in [0.1, 0.15) is 5.75 Å². The van der Waals surface area contributed by atoms with E-state index in [1.54, 1.807) is 18.0 Å². The summed E-state index contributed by atoms with van der Waals surface area (Å²) in [5.41, 5.74) is 2.62. The number of carbonyl (C=O) groups is 2. The van der Waals surface area contributed by atoms with Crippen molar-refractivity contribution >= 4 is 17.5 Å². The van der Waals surface area contributed by atoms with Crippen LogP contribution < -0.4 is 10.1 Å². The van der Waals surface area contributed by atoms with Gasteiger partial charge >= 0.3 is 0 Å². The van der Waals surface area contributed by atoms with Crippen molar-refractivity contribution in [3.05, 3.63) is 41.7 Å². The van der Waals surface area contributed by atoms with E-state index in [0.29, 0.717) is 25.3 Å². The first kappa shape index (κ1) is 18.9. The first-order valence-corrected chi connectivity index (χ1v) is 8.88. The van der Waals surface area contributed by atoms with Crippen molar-refractivity contribution in [1.82, 2.24) is 19.6 Å². The van der Waals surface area contributed by atoms with E-state index in [9.17, 15) is 9.59 Å². The summed E-state index contributed by atoms with van der Waals surface area (Å²) < 4.78 is 6.93. The van der Waals surface area contributed by atoms with Crippen LogP contribution in [-0.2, 0) is 23.2 Å². The van der Waals surface area contributed by atoms with Crippen molar-refractivity contribution in [2.45, 2.75) is 13.5 Å². The minimum Gasteiger partial charge on any atom is -0.497 e. The SMILES string of the molecule is COc1cccc(CN2CCN(CC(=O)Nc3cnn(C)c3C)CC2=O)c1. The highest BCUT2D eigenvalue weighted by atomic mass is 16.5. The molecule has 8 heteroatoms. The Hall–Kier alpha value is -2.87. The average molecular weight is 371 g/mol. The Balaban J connectivity index is 1.51. The van der Waals surface area contributed by atoms with Gasteiger partial charge in [-0.05, 0) is 24.6 Å². The number of piperazine rings is 1. The third kappa shape index (κ3) is 4.65. The van der Waals surface area contributed by atoms with Crippen molar-refractivity contribution in [3.63, 3.8) is 0 Å². The van der Waals surface area contributed by atoms with Crippen LogP contribution in [0.3, 0.4) is 0 Å². The second-order valence-corrected chi connectivity index (χ2v) is 6.69. The highest BCUT2D eigenvalue weighted by molar-refractivity contribution is 5.93. The Kier molecular flexibility index (Phi) is 5.75. The Morgan fingerprint density at radius 1 is 1.33 bits per heavy atom. The second-order valence-electron chi connectivity index (χ2n) is 6.69. The van der Waals surface area contributed by atoms with Crippen molar-refractivity contribution < 1.29 is 14.3 Å². The minimum atomic E-state index is -0.139. The summed E-state index contributed by atoms with van der Waals surface area (Å²) in [4.78, 5) is 28.4. The summed E-state index contributed by atoms with van der Waals surface area (Å²) in [6.07, 6.45) is 1.63.